The molecule has 0 atom stereocenters. The van der Waals surface area contributed by atoms with Crippen molar-refractivity contribution >= 4 is 39.2 Å². The van der Waals surface area contributed by atoms with Gasteiger partial charge in [-0.1, -0.05) is 24.3 Å². The summed E-state index contributed by atoms with van der Waals surface area (Å²) in [5.74, 6) is 0.779. The molecule has 34 heavy (non-hydrogen) atoms. The van der Waals surface area contributed by atoms with E-state index in [-0.39, 0.29) is 22.5 Å². The molecule has 0 radical (unpaired) electrons. The highest BCUT2D eigenvalue weighted by Gasteiger charge is 2.26. The van der Waals surface area contributed by atoms with Crippen LogP contribution in [0.2, 0.25) is 0 Å². The molecule has 0 aliphatic carbocycles. The molecular formula is C25H22N4O5. The Kier molecular flexibility index (Phi) is 5.37. The number of para-hydroxylation sites is 3. The van der Waals surface area contributed by atoms with Gasteiger partial charge in [-0.2, -0.15) is 0 Å². The summed E-state index contributed by atoms with van der Waals surface area (Å²) >= 11 is 0. The number of benzene rings is 3. The predicted molar refractivity (Wildman–Crippen MR) is 130 cm³/mol. The molecule has 172 valence electrons. The number of non-ortho nitro benzene ring substituents is 1. The first-order valence-corrected chi connectivity index (χ1v) is 10.9. The van der Waals surface area contributed by atoms with Crippen LogP contribution in [-0.4, -0.2) is 53.7 Å². The number of nitro groups is 1. The molecule has 1 aliphatic heterocycles. The lowest BCUT2D eigenvalue weighted by Gasteiger charge is -2.37. The van der Waals surface area contributed by atoms with E-state index >= 15 is 0 Å². The van der Waals surface area contributed by atoms with Crippen LogP contribution in [0, 0.1) is 10.1 Å². The van der Waals surface area contributed by atoms with E-state index in [1.807, 2.05) is 24.3 Å². The summed E-state index contributed by atoms with van der Waals surface area (Å²) < 4.78 is 6.97. The fraction of sp³-hybridized carbons (Fsp3) is 0.200. The van der Waals surface area contributed by atoms with Crippen LogP contribution in [0.4, 0.5) is 16.2 Å². The minimum atomic E-state index is -0.544. The largest absolute Gasteiger partial charge is 0.495 e. The van der Waals surface area contributed by atoms with Crippen molar-refractivity contribution in [3.8, 4) is 5.75 Å². The van der Waals surface area contributed by atoms with E-state index in [1.54, 1.807) is 36.3 Å². The summed E-state index contributed by atoms with van der Waals surface area (Å²) in [4.78, 5) is 41.5. The summed E-state index contributed by atoms with van der Waals surface area (Å²) in [6.45, 7) is 2.19. The highest BCUT2D eigenvalue weighted by atomic mass is 16.6. The summed E-state index contributed by atoms with van der Waals surface area (Å²) in [5, 5.41) is 11.8. The quantitative estimate of drug-likeness (QED) is 0.263. The van der Waals surface area contributed by atoms with E-state index in [1.165, 1.54) is 22.8 Å². The maximum absolute atomic E-state index is 13.7. The van der Waals surface area contributed by atoms with Gasteiger partial charge in [0, 0.05) is 43.7 Å². The van der Waals surface area contributed by atoms with Crippen LogP contribution in [0.3, 0.4) is 0 Å². The number of carbonyl (C=O) groups excluding carboxylic acids is 1. The molecule has 3 aromatic carbocycles. The van der Waals surface area contributed by atoms with Gasteiger partial charge in [-0.3, -0.25) is 19.5 Å². The number of ether oxygens (including phenoxy) is 1. The maximum atomic E-state index is 13.7. The first-order valence-electron chi connectivity index (χ1n) is 10.9. The van der Waals surface area contributed by atoms with E-state index in [4.69, 9.17) is 4.74 Å². The average molecular weight is 458 g/mol. The zero-order valence-corrected chi connectivity index (χ0v) is 18.5. The van der Waals surface area contributed by atoms with Crippen molar-refractivity contribution in [3.63, 3.8) is 0 Å². The van der Waals surface area contributed by atoms with Crippen LogP contribution in [0.5, 0.6) is 5.75 Å². The van der Waals surface area contributed by atoms with Gasteiger partial charge in [0.1, 0.15) is 5.75 Å². The standard InChI is InChI=1S/C25H22N4O5/c1-34-23-9-5-4-8-22(23)26-12-14-27(15-13-26)25(31)28-20-7-3-2-6-18(20)24(30)19-16-17(29(32)33)10-11-21(19)28/h2-11,16H,12-15H2,1H3. The lowest BCUT2D eigenvalue weighted by atomic mass is 10.1. The Bertz CT molecular complexity index is 1490. The molecule has 1 aromatic heterocycles. The Labute approximate surface area is 194 Å². The number of carbonyl (C=O) groups is 1. The van der Waals surface area contributed by atoms with Crippen LogP contribution in [0.15, 0.2) is 71.5 Å². The van der Waals surface area contributed by atoms with Crippen molar-refractivity contribution in [1.82, 2.24) is 9.47 Å². The number of methoxy groups -OCH3 is 1. The molecule has 1 saturated heterocycles. The van der Waals surface area contributed by atoms with Crippen LogP contribution in [0.1, 0.15) is 0 Å². The van der Waals surface area contributed by atoms with Gasteiger partial charge >= 0.3 is 6.03 Å². The molecule has 9 nitrogen and oxygen atoms in total. The number of piperazine rings is 1. The lowest BCUT2D eigenvalue weighted by molar-refractivity contribution is -0.384. The summed E-state index contributed by atoms with van der Waals surface area (Å²) in [6, 6.07) is 18.4. The monoisotopic (exact) mass is 458 g/mol. The molecule has 2 heterocycles. The van der Waals surface area contributed by atoms with E-state index in [0.29, 0.717) is 42.6 Å². The smallest absolute Gasteiger partial charge is 0.329 e. The van der Waals surface area contributed by atoms with Gasteiger partial charge in [-0.25, -0.2) is 4.79 Å². The number of hydrogen-bond acceptors (Lipinski definition) is 6. The van der Waals surface area contributed by atoms with E-state index in [9.17, 15) is 19.7 Å². The molecule has 0 bridgehead atoms. The van der Waals surface area contributed by atoms with Crippen molar-refractivity contribution in [2.24, 2.45) is 0 Å². The molecule has 0 unspecified atom stereocenters. The van der Waals surface area contributed by atoms with Gasteiger partial charge in [0.2, 0.25) is 0 Å². The van der Waals surface area contributed by atoms with E-state index < -0.39 is 4.92 Å². The topological polar surface area (TPSA) is 97.9 Å². The third-order valence-electron chi connectivity index (χ3n) is 6.23. The first kappa shape index (κ1) is 21.4. The van der Waals surface area contributed by atoms with Crippen LogP contribution >= 0.6 is 0 Å². The van der Waals surface area contributed by atoms with Gasteiger partial charge in [0.05, 0.1) is 34.1 Å². The van der Waals surface area contributed by atoms with Crippen LogP contribution in [-0.2, 0) is 0 Å². The van der Waals surface area contributed by atoms with Gasteiger partial charge in [0.15, 0.2) is 5.43 Å². The summed E-state index contributed by atoms with van der Waals surface area (Å²) in [7, 11) is 1.63. The van der Waals surface area contributed by atoms with Crippen molar-refractivity contribution in [1.29, 1.82) is 0 Å². The highest BCUT2D eigenvalue weighted by molar-refractivity contribution is 6.02. The zero-order chi connectivity index (χ0) is 23.8. The second-order valence-corrected chi connectivity index (χ2v) is 8.07. The van der Waals surface area contributed by atoms with E-state index in [2.05, 4.69) is 4.90 Å². The summed E-state index contributed by atoms with van der Waals surface area (Å²) in [6.07, 6.45) is 0. The Hall–Kier alpha value is -4.40. The number of aromatic nitrogens is 1. The Balaban J connectivity index is 1.54. The number of rotatable bonds is 3. The van der Waals surface area contributed by atoms with Gasteiger partial charge in [-0.15, -0.1) is 0 Å². The van der Waals surface area contributed by atoms with Crippen molar-refractivity contribution in [3.05, 3.63) is 87.1 Å². The molecule has 1 amide bonds. The van der Waals surface area contributed by atoms with Crippen LogP contribution < -0.4 is 15.1 Å². The Morgan fingerprint density at radius 3 is 2.32 bits per heavy atom. The van der Waals surface area contributed by atoms with Gasteiger partial charge < -0.3 is 14.5 Å². The van der Waals surface area contributed by atoms with Gasteiger partial charge in [0.25, 0.3) is 5.69 Å². The van der Waals surface area contributed by atoms with Crippen molar-refractivity contribution in [2.75, 3.05) is 38.2 Å². The molecule has 5 rings (SSSR count). The fourth-order valence-corrected chi connectivity index (χ4v) is 4.53. The number of pyridine rings is 1. The molecule has 9 heteroatoms. The molecule has 1 aliphatic rings. The maximum Gasteiger partial charge on any atom is 0.329 e. The van der Waals surface area contributed by atoms with Gasteiger partial charge in [-0.05, 0) is 30.3 Å². The highest BCUT2D eigenvalue weighted by Crippen LogP contribution is 2.29. The molecule has 0 N–H and O–H groups in total. The number of nitrogens with zero attached hydrogens (tertiary/aromatic N) is 4. The summed E-state index contributed by atoms with van der Waals surface area (Å²) in [5.41, 5.74) is 1.28. The third-order valence-corrected chi connectivity index (χ3v) is 6.23. The minimum absolute atomic E-state index is 0.147. The second-order valence-electron chi connectivity index (χ2n) is 8.07. The number of amides is 1. The van der Waals surface area contributed by atoms with Crippen LogP contribution in [0.25, 0.3) is 21.8 Å². The number of fused-ring (bicyclic) bond motifs is 2. The first-order chi connectivity index (χ1) is 16.5. The van der Waals surface area contributed by atoms with E-state index in [0.717, 1.165) is 11.4 Å². The molecule has 0 spiro atoms. The Morgan fingerprint density at radius 2 is 1.59 bits per heavy atom. The van der Waals surface area contributed by atoms with Crippen molar-refractivity contribution in [2.45, 2.75) is 0 Å². The minimum Gasteiger partial charge on any atom is -0.495 e. The van der Waals surface area contributed by atoms with Crippen molar-refractivity contribution < 1.29 is 14.5 Å². The zero-order valence-electron chi connectivity index (χ0n) is 18.5. The third kappa shape index (κ3) is 3.51. The molecule has 0 saturated carbocycles. The molecule has 4 aromatic rings. The second kappa shape index (κ2) is 8.51. The number of anilines is 1. The normalized spacial score (nSPS) is 13.9. The predicted octanol–water partition coefficient (Wildman–Crippen LogP) is 3.86. The number of nitro benzene ring substituents is 1. The molecular weight excluding hydrogens is 436 g/mol. The number of hydrogen-bond donors (Lipinski definition) is 0. The SMILES string of the molecule is COc1ccccc1N1CCN(C(=O)n2c3ccccc3c(=O)c3cc([N+](=O)[O-])ccc32)CC1. The average Bonchev–Trinajstić information content (AvgIpc) is 2.88. The lowest BCUT2D eigenvalue weighted by Crippen LogP contribution is -2.50. The Morgan fingerprint density at radius 1 is 0.912 bits per heavy atom. The molecule has 1 fully saturated rings. The fourth-order valence-electron chi connectivity index (χ4n) is 4.53.